The van der Waals surface area contributed by atoms with Gasteiger partial charge in [0.25, 0.3) is 0 Å². The van der Waals surface area contributed by atoms with Gasteiger partial charge in [-0.25, -0.2) is 15.0 Å². The predicted octanol–water partition coefficient (Wildman–Crippen LogP) is 8.99. The van der Waals surface area contributed by atoms with Crippen LogP contribution in [0.25, 0.3) is 61.9 Å². The summed E-state index contributed by atoms with van der Waals surface area (Å²) in [7, 11) is 2.10. The smallest absolute Gasteiger partial charge is 0.145 e. The van der Waals surface area contributed by atoms with Crippen LogP contribution in [0.2, 0.25) is 0 Å². The van der Waals surface area contributed by atoms with Crippen molar-refractivity contribution in [2.45, 2.75) is 40.5 Å². The Morgan fingerprint density at radius 2 is 1.34 bits per heavy atom. The SMILES string of the molecule is C=CCCc1nc(-c2c(C)c(-c3nc4ccccc4[nH]3)c(C)c(-c3nc4ccccc4n3C)c2C)n(-c2ccccc2)c1C. The lowest BCUT2D eigenvalue weighted by Crippen LogP contribution is -2.07. The van der Waals surface area contributed by atoms with Crippen molar-refractivity contribution >= 4 is 22.1 Å². The predicted molar refractivity (Wildman–Crippen MR) is 181 cm³/mol. The second-order valence-corrected chi connectivity index (χ2v) is 11.6. The number of aromatic nitrogens is 6. The van der Waals surface area contributed by atoms with Gasteiger partial charge in [0, 0.05) is 35.1 Å². The highest BCUT2D eigenvalue weighted by Crippen LogP contribution is 2.44. The maximum atomic E-state index is 5.38. The summed E-state index contributed by atoms with van der Waals surface area (Å²) in [6.07, 6.45) is 3.67. The van der Waals surface area contributed by atoms with Crippen molar-refractivity contribution in [2.75, 3.05) is 0 Å². The molecule has 7 rings (SSSR count). The standard InChI is InChI=1S/C38H36N6/c1-7-8-18-28-26(5)44(27-16-10-9-11-17-27)38(41-28)35-24(3)33(36-39-29-19-12-13-20-30(29)40-36)23(2)34(25(35)4)37-42-31-21-14-15-22-32(31)43(37)6/h7,9-17,19-22H,1,8,18H2,2-6H3,(H,39,40). The molecule has 1 N–H and O–H groups in total. The number of aromatic amines is 1. The van der Waals surface area contributed by atoms with Gasteiger partial charge >= 0.3 is 0 Å². The first-order valence-electron chi connectivity index (χ1n) is 15.1. The average molecular weight is 577 g/mol. The van der Waals surface area contributed by atoms with E-state index in [-0.39, 0.29) is 0 Å². The van der Waals surface area contributed by atoms with Gasteiger partial charge in [-0.3, -0.25) is 4.57 Å². The Hall–Kier alpha value is -5.23. The summed E-state index contributed by atoms with van der Waals surface area (Å²) in [6.45, 7) is 12.8. The summed E-state index contributed by atoms with van der Waals surface area (Å²) < 4.78 is 4.51. The van der Waals surface area contributed by atoms with Crippen molar-refractivity contribution in [1.29, 1.82) is 0 Å². The summed E-state index contributed by atoms with van der Waals surface area (Å²) >= 11 is 0. The molecular formula is C38H36N6. The molecule has 44 heavy (non-hydrogen) atoms. The molecule has 7 aromatic rings. The Balaban J connectivity index is 1.60. The highest BCUT2D eigenvalue weighted by atomic mass is 15.1. The van der Waals surface area contributed by atoms with Crippen LogP contribution in [0, 0.1) is 27.7 Å². The molecule has 0 spiro atoms. The third-order valence-corrected chi connectivity index (χ3v) is 8.92. The van der Waals surface area contributed by atoms with Gasteiger partial charge in [-0.15, -0.1) is 6.58 Å². The summed E-state index contributed by atoms with van der Waals surface area (Å²) in [5.41, 5.74) is 14.1. The molecule has 0 radical (unpaired) electrons. The van der Waals surface area contributed by atoms with Gasteiger partial charge in [-0.2, -0.15) is 0 Å². The molecule has 3 heterocycles. The second kappa shape index (κ2) is 10.8. The first-order chi connectivity index (χ1) is 21.4. The number of benzene rings is 4. The number of para-hydroxylation sites is 5. The van der Waals surface area contributed by atoms with E-state index in [1.54, 1.807) is 0 Å². The zero-order chi connectivity index (χ0) is 30.5. The van der Waals surface area contributed by atoms with Crippen LogP contribution in [0.15, 0.2) is 91.5 Å². The third kappa shape index (κ3) is 4.29. The molecule has 218 valence electrons. The largest absolute Gasteiger partial charge is 0.338 e. The molecule has 4 aromatic carbocycles. The van der Waals surface area contributed by atoms with E-state index in [2.05, 4.69) is 116 Å². The summed E-state index contributed by atoms with van der Waals surface area (Å²) in [4.78, 5) is 19.3. The van der Waals surface area contributed by atoms with Crippen molar-refractivity contribution in [3.8, 4) is 39.9 Å². The van der Waals surface area contributed by atoms with Crippen LogP contribution in [-0.2, 0) is 13.5 Å². The van der Waals surface area contributed by atoms with E-state index in [4.69, 9.17) is 15.0 Å². The molecular weight excluding hydrogens is 540 g/mol. The maximum Gasteiger partial charge on any atom is 0.145 e. The number of nitrogens with zero attached hydrogens (tertiary/aromatic N) is 5. The van der Waals surface area contributed by atoms with Gasteiger partial charge in [0.2, 0.25) is 0 Å². The lowest BCUT2D eigenvalue weighted by molar-refractivity contribution is 0.934. The van der Waals surface area contributed by atoms with E-state index in [1.165, 1.54) is 0 Å². The molecule has 0 amide bonds. The first kappa shape index (κ1) is 27.6. The van der Waals surface area contributed by atoms with Gasteiger partial charge in [0.15, 0.2) is 0 Å². The number of aryl methyl sites for hydroxylation is 2. The summed E-state index contributed by atoms with van der Waals surface area (Å²) in [5.74, 6) is 2.71. The van der Waals surface area contributed by atoms with Crippen LogP contribution in [0.5, 0.6) is 0 Å². The van der Waals surface area contributed by atoms with Crippen LogP contribution in [0.3, 0.4) is 0 Å². The van der Waals surface area contributed by atoms with Crippen molar-refractivity contribution in [3.63, 3.8) is 0 Å². The number of hydrogen-bond donors (Lipinski definition) is 1. The zero-order valence-electron chi connectivity index (χ0n) is 25.9. The lowest BCUT2D eigenvalue weighted by atomic mass is 9.87. The molecule has 6 nitrogen and oxygen atoms in total. The minimum absolute atomic E-state index is 0.833. The lowest BCUT2D eigenvalue weighted by Gasteiger charge is -2.22. The van der Waals surface area contributed by atoms with Crippen LogP contribution >= 0.6 is 0 Å². The first-order valence-corrected chi connectivity index (χ1v) is 15.1. The molecule has 3 aromatic heterocycles. The summed E-state index contributed by atoms with van der Waals surface area (Å²) in [6, 6.07) is 27.1. The Morgan fingerprint density at radius 3 is 2.05 bits per heavy atom. The molecule has 0 saturated carbocycles. The maximum absolute atomic E-state index is 5.38. The van der Waals surface area contributed by atoms with E-state index in [0.717, 1.165) is 103 Å². The van der Waals surface area contributed by atoms with Gasteiger partial charge in [-0.05, 0) is 93.6 Å². The van der Waals surface area contributed by atoms with E-state index >= 15 is 0 Å². The van der Waals surface area contributed by atoms with E-state index in [0.29, 0.717) is 0 Å². The Morgan fingerprint density at radius 1 is 0.705 bits per heavy atom. The van der Waals surface area contributed by atoms with Crippen molar-refractivity contribution < 1.29 is 0 Å². The molecule has 0 aliphatic carbocycles. The van der Waals surface area contributed by atoms with Crippen LogP contribution < -0.4 is 0 Å². The number of imidazole rings is 3. The fraction of sp³-hybridized carbons (Fsp3) is 0.184. The van der Waals surface area contributed by atoms with Gasteiger partial charge in [0.05, 0.1) is 27.8 Å². The zero-order valence-corrected chi connectivity index (χ0v) is 25.9. The van der Waals surface area contributed by atoms with Gasteiger partial charge in [-0.1, -0.05) is 48.5 Å². The highest BCUT2D eigenvalue weighted by molar-refractivity contribution is 5.92. The van der Waals surface area contributed by atoms with Crippen LogP contribution in [0.4, 0.5) is 0 Å². The molecule has 0 bridgehead atoms. The number of fused-ring (bicyclic) bond motifs is 2. The van der Waals surface area contributed by atoms with Crippen LogP contribution in [0.1, 0.15) is 34.5 Å². The van der Waals surface area contributed by atoms with Gasteiger partial charge in [0.1, 0.15) is 17.5 Å². The highest BCUT2D eigenvalue weighted by Gasteiger charge is 2.28. The summed E-state index contributed by atoms with van der Waals surface area (Å²) in [5, 5.41) is 0. The topological polar surface area (TPSA) is 64.3 Å². The molecule has 0 aliphatic heterocycles. The Labute approximate surface area is 257 Å². The molecule has 0 saturated heterocycles. The quantitative estimate of drug-likeness (QED) is 0.193. The molecule has 0 unspecified atom stereocenters. The van der Waals surface area contributed by atoms with Gasteiger partial charge < -0.3 is 9.55 Å². The van der Waals surface area contributed by atoms with Crippen molar-refractivity contribution in [2.24, 2.45) is 7.05 Å². The minimum atomic E-state index is 0.833. The third-order valence-electron chi connectivity index (χ3n) is 8.92. The molecule has 0 fully saturated rings. The normalized spacial score (nSPS) is 11.6. The monoisotopic (exact) mass is 576 g/mol. The van der Waals surface area contributed by atoms with Crippen molar-refractivity contribution in [3.05, 3.63) is 120 Å². The number of hydrogen-bond acceptors (Lipinski definition) is 3. The second-order valence-electron chi connectivity index (χ2n) is 11.6. The van der Waals surface area contributed by atoms with E-state index in [9.17, 15) is 0 Å². The van der Waals surface area contributed by atoms with E-state index < -0.39 is 0 Å². The average Bonchev–Trinajstić information content (AvgIpc) is 3.70. The van der Waals surface area contributed by atoms with Crippen molar-refractivity contribution in [1.82, 2.24) is 29.1 Å². The fourth-order valence-corrected chi connectivity index (χ4v) is 6.77. The molecule has 0 atom stereocenters. The Kier molecular flexibility index (Phi) is 6.77. The Bertz CT molecular complexity index is 2160. The fourth-order valence-electron chi connectivity index (χ4n) is 6.77. The number of allylic oxidation sites excluding steroid dienone is 1. The number of rotatable bonds is 7. The minimum Gasteiger partial charge on any atom is -0.338 e. The van der Waals surface area contributed by atoms with E-state index in [1.807, 2.05) is 24.3 Å². The number of nitrogens with one attached hydrogen (secondary N) is 1. The molecule has 0 aliphatic rings. The van der Waals surface area contributed by atoms with Crippen LogP contribution in [-0.4, -0.2) is 29.1 Å². The number of H-pyrrole nitrogens is 1. The molecule has 6 heteroatoms.